The van der Waals surface area contributed by atoms with Crippen LogP contribution in [0.4, 0.5) is 0 Å². The van der Waals surface area contributed by atoms with Crippen LogP contribution in [0.5, 0.6) is 5.75 Å². The summed E-state index contributed by atoms with van der Waals surface area (Å²) in [6.45, 7) is 4.58. The molecule has 0 bridgehead atoms. The Morgan fingerprint density at radius 3 is 2.81 bits per heavy atom. The Morgan fingerprint density at radius 2 is 2.10 bits per heavy atom. The van der Waals surface area contributed by atoms with E-state index >= 15 is 0 Å². The van der Waals surface area contributed by atoms with Crippen molar-refractivity contribution < 1.29 is 14.6 Å². The van der Waals surface area contributed by atoms with E-state index in [2.05, 4.69) is 17.3 Å². The Bertz CT molecular complexity index is 457. The van der Waals surface area contributed by atoms with E-state index in [4.69, 9.17) is 9.84 Å². The minimum Gasteiger partial charge on any atom is -0.491 e. The molecular formula is C16H24N2O3. The van der Waals surface area contributed by atoms with Gasteiger partial charge in [0.05, 0.1) is 0 Å². The molecule has 0 amide bonds. The monoisotopic (exact) mass is 292 g/mol. The second-order valence-electron chi connectivity index (χ2n) is 5.60. The van der Waals surface area contributed by atoms with Crippen LogP contribution in [0.2, 0.25) is 0 Å². The van der Waals surface area contributed by atoms with Crippen LogP contribution < -0.4 is 10.1 Å². The number of rotatable bonds is 7. The topological polar surface area (TPSA) is 61.8 Å². The van der Waals surface area contributed by atoms with Gasteiger partial charge in [0, 0.05) is 6.54 Å². The van der Waals surface area contributed by atoms with Crippen LogP contribution in [0.15, 0.2) is 24.3 Å². The van der Waals surface area contributed by atoms with Crippen LogP contribution in [-0.4, -0.2) is 55.8 Å². The number of hydrogen-bond donors (Lipinski definition) is 2. The first-order valence-electron chi connectivity index (χ1n) is 7.51. The summed E-state index contributed by atoms with van der Waals surface area (Å²) in [6, 6.07) is 6.74. The van der Waals surface area contributed by atoms with E-state index in [1.807, 2.05) is 0 Å². The molecular weight excluding hydrogens is 268 g/mol. The summed E-state index contributed by atoms with van der Waals surface area (Å²) in [5.74, 6) is 0.225. The molecule has 0 aromatic heterocycles. The molecule has 1 aliphatic heterocycles. The second-order valence-corrected chi connectivity index (χ2v) is 5.60. The lowest BCUT2D eigenvalue weighted by Gasteiger charge is -2.29. The zero-order valence-electron chi connectivity index (χ0n) is 12.5. The molecule has 0 atom stereocenters. The molecule has 0 spiro atoms. The van der Waals surface area contributed by atoms with Crippen molar-refractivity contribution in [1.82, 2.24) is 10.2 Å². The fourth-order valence-electron chi connectivity index (χ4n) is 2.57. The third kappa shape index (κ3) is 5.02. The molecule has 2 N–H and O–H groups in total. The summed E-state index contributed by atoms with van der Waals surface area (Å²) >= 11 is 0. The molecule has 116 valence electrons. The van der Waals surface area contributed by atoms with Gasteiger partial charge in [0.1, 0.15) is 17.9 Å². The van der Waals surface area contributed by atoms with Crippen LogP contribution in [-0.2, 0) is 0 Å². The van der Waals surface area contributed by atoms with Crippen molar-refractivity contribution in [2.45, 2.75) is 12.8 Å². The molecule has 0 unspecified atom stereocenters. The number of carboxylic acids is 1. The molecule has 1 aromatic rings. The summed E-state index contributed by atoms with van der Waals surface area (Å²) < 4.78 is 5.55. The molecule has 1 aliphatic rings. The van der Waals surface area contributed by atoms with E-state index in [1.54, 1.807) is 24.3 Å². The van der Waals surface area contributed by atoms with Crippen molar-refractivity contribution >= 4 is 5.97 Å². The molecule has 1 fully saturated rings. The van der Waals surface area contributed by atoms with Gasteiger partial charge in [-0.15, -0.1) is 0 Å². The van der Waals surface area contributed by atoms with Crippen LogP contribution in [0.25, 0.3) is 0 Å². The third-order valence-electron chi connectivity index (χ3n) is 3.93. The number of nitrogens with zero attached hydrogens (tertiary/aromatic N) is 1. The summed E-state index contributed by atoms with van der Waals surface area (Å²) in [6.07, 6.45) is 2.48. The minimum absolute atomic E-state index is 0.216. The molecule has 0 saturated carbocycles. The van der Waals surface area contributed by atoms with E-state index in [1.165, 1.54) is 25.9 Å². The van der Waals surface area contributed by atoms with Gasteiger partial charge in [0.25, 0.3) is 0 Å². The number of likely N-dealkylation sites (tertiary alicyclic amines) is 1. The fraction of sp³-hybridized carbons (Fsp3) is 0.562. The number of carboxylic acid groups (broad SMARTS) is 1. The van der Waals surface area contributed by atoms with Crippen LogP contribution in [0.1, 0.15) is 23.2 Å². The molecule has 1 heterocycles. The maximum atomic E-state index is 11.0. The average molecular weight is 292 g/mol. The lowest BCUT2D eigenvalue weighted by molar-refractivity contribution is 0.0692. The minimum atomic E-state index is -0.954. The highest BCUT2D eigenvalue weighted by atomic mass is 16.5. The molecule has 0 aliphatic carbocycles. The first-order chi connectivity index (χ1) is 10.2. The van der Waals surface area contributed by atoms with Crippen LogP contribution in [0, 0.1) is 5.92 Å². The number of para-hydroxylation sites is 1. The smallest absolute Gasteiger partial charge is 0.339 e. The Hall–Kier alpha value is -1.59. The molecule has 1 saturated heterocycles. The number of ether oxygens (including phenoxy) is 1. The first-order valence-corrected chi connectivity index (χ1v) is 7.51. The van der Waals surface area contributed by atoms with E-state index in [0.29, 0.717) is 12.4 Å². The van der Waals surface area contributed by atoms with E-state index in [0.717, 1.165) is 19.0 Å². The van der Waals surface area contributed by atoms with E-state index < -0.39 is 5.97 Å². The Labute approximate surface area is 125 Å². The summed E-state index contributed by atoms with van der Waals surface area (Å²) in [5.41, 5.74) is 0.216. The Balaban J connectivity index is 1.65. The van der Waals surface area contributed by atoms with Gasteiger partial charge in [0.2, 0.25) is 0 Å². The lowest BCUT2D eigenvalue weighted by atomic mass is 9.97. The quantitative estimate of drug-likeness (QED) is 0.749. The highest BCUT2D eigenvalue weighted by Crippen LogP contribution is 2.17. The van der Waals surface area contributed by atoms with Gasteiger partial charge in [-0.1, -0.05) is 12.1 Å². The predicted molar refractivity (Wildman–Crippen MR) is 82.0 cm³/mol. The summed E-state index contributed by atoms with van der Waals surface area (Å²) in [5, 5.41) is 12.5. The zero-order valence-corrected chi connectivity index (χ0v) is 12.5. The van der Waals surface area contributed by atoms with Gasteiger partial charge in [-0.3, -0.25) is 0 Å². The van der Waals surface area contributed by atoms with E-state index in [-0.39, 0.29) is 5.56 Å². The van der Waals surface area contributed by atoms with Crippen LogP contribution in [0.3, 0.4) is 0 Å². The number of benzene rings is 1. The Morgan fingerprint density at radius 1 is 1.38 bits per heavy atom. The highest BCUT2D eigenvalue weighted by molar-refractivity contribution is 5.90. The van der Waals surface area contributed by atoms with Crippen molar-refractivity contribution in [3.63, 3.8) is 0 Å². The largest absolute Gasteiger partial charge is 0.491 e. The maximum absolute atomic E-state index is 11.0. The standard InChI is InChI=1S/C16H24N2O3/c1-18-9-6-13(7-10-18)12-17-8-11-21-15-5-3-2-4-14(15)16(19)20/h2-5,13,17H,6-12H2,1H3,(H,19,20). The van der Waals surface area contributed by atoms with Gasteiger partial charge < -0.3 is 20.1 Å². The predicted octanol–water partition coefficient (Wildman–Crippen LogP) is 1.69. The van der Waals surface area contributed by atoms with E-state index in [9.17, 15) is 4.79 Å². The van der Waals surface area contributed by atoms with Gasteiger partial charge >= 0.3 is 5.97 Å². The number of piperidine rings is 1. The van der Waals surface area contributed by atoms with Gasteiger partial charge in [-0.25, -0.2) is 4.79 Å². The molecule has 2 rings (SSSR count). The average Bonchev–Trinajstić information content (AvgIpc) is 2.49. The molecule has 5 heteroatoms. The SMILES string of the molecule is CN1CCC(CNCCOc2ccccc2C(=O)O)CC1. The molecule has 5 nitrogen and oxygen atoms in total. The normalized spacial score (nSPS) is 16.8. The van der Waals surface area contributed by atoms with Gasteiger partial charge in [-0.2, -0.15) is 0 Å². The summed E-state index contributed by atoms with van der Waals surface area (Å²) in [7, 11) is 2.16. The highest BCUT2D eigenvalue weighted by Gasteiger charge is 2.15. The molecule has 0 radical (unpaired) electrons. The second kappa shape index (κ2) is 8.00. The maximum Gasteiger partial charge on any atom is 0.339 e. The Kier molecular flexibility index (Phi) is 6.02. The van der Waals surface area contributed by atoms with Crippen molar-refractivity contribution in [2.75, 3.05) is 39.8 Å². The zero-order chi connectivity index (χ0) is 15.1. The van der Waals surface area contributed by atoms with Gasteiger partial charge in [-0.05, 0) is 57.6 Å². The van der Waals surface area contributed by atoms with Crippen molar-refractivity contribution in [3.8, 4) is 5.75 Å². The van der Waals surface area contributed by atoms with Crippen molar-refractivity contribution in [1.29, 1.82) is 0 Å². The number of nitrogens with one attached hydrogen (secondary N) is 1. The third-order valence-corrected chi connectivity index (χ3v) is 3.93. The van der Waals surface area contributed by atoms with Crippen molar-refractivity contribution in [2.24, 2.45) is 5.92 Å². The van der Waals surface area contributed by atoms with Crippen LogP contribution >= 0.6 is 0 Å². The van der Waals surface area contributed by atoms with Crippen molar-refractivity contribution in [3.05, 3.63) is 29.8 Å². The number of aromatic carboxylic acids is 1. The summed E-state index contributed by atoms with van der Waals surface area (Å²) in [4.78, 5) is 13.4. The fourth-order valence-corrected chi connectivity index (χ4v) is 2.57. The number of hydrogen-bond acceptors (Lipinski definition) is 4. The van der Waals surface area contributed by atoms with Gasteiger partial charge in [0.15, 0.2) is 0 Å². The molecule has 21 heavy (non-hydrogen) atoms. The molecule has 1 aromatic carbocycles. The first kappa shape index (κ1) is 15.8. The number of carbonyl (C=O) groups is 1. The lowest BCUT2D eigenvalue weighted by Crippen LogP contribution is -2.36.